The molecule has 2 atom stereocenters. The summed E-state index contributed by atoms with van der Waals surface area (Å²) in [6.45, 7) is 4.65. The first-order valence-electron chi connectivity index (χ1n) is 12.1. The molecular weight excluding hydrogens is 549 g/mol. The molecule has 1 aliphatic rings. The molecule has 14 heteroatoms. The molecule has 1 saturated heterocycles. The van der Waals surface area contributed by atoms with Gasteiger partial charge < -0.3 is 19.3 Å². The molecule has 1 N–H and O–H groups in total. The summed E-state index contributed by atoms with van der Waals surface area (Å²) in [5, 5.41) is 10.9. The van der Waals surface area contributed by atoms with Gasteiger partial charge in [-0.2, -0.15) is 0 Å². The van der Waals surface area contributed by atoms with Crippen LogP contribution in [0.1, 0.15) is 24.3 Å². The lowest BCUT2D eigenvalue weighted by Crippen LogP contribution is -2.49. The van der Waals surface area contributed by atoms with E-state index in [0.717, 1.165) is 28.1 Å². The number of thiazole rings is 1. The zero-order valence-corrected chi connectivity index (χ0v) is 23.0. The van der Waals surface area contributed by atoms with Crippen LogP contribution < -0.4 is 5.56 Å². The normalized spacial score (nSPS) is 18.1. The molecule has 4 heterocycles. The number of fused-ring (bicyclic) bond motifs is 1. The maximum Gasteiger partial charge on any atom is 0.302 e. The summed E-state index contributed by atoms with van der Waals surface area (Å²) in [5.74, 6) is -1.26. The van der Waals surface area contributed by atoms with Crippen LogP contribution >= 0.6 is 11.3 Å². The van der Waals surface area contributed by atoms with Crippen LogP contribution in [0.5, 0.6) is 5.75 Å². The molecular formula is C25H26FN5O6S2. The molecule has 1 amide bonds. The number of morpholine rings is 1. The van der Waals surface area contributed by atoms with Crippen LogP contribution in [-0.4, -0.2) is 74.8 Å². The van der Waals surface area contributed by atoms with E-state index in [1.807, 2.05) is 13.8 Å². The quantitative estimate of drug-likeness (QED) is 0.369. The highest BCUT2D eigenvalue weighted by Crippen LogP contribution is 2.31. The Bertz CT molecular complexity index is 1740. The van der Waals surface area contributed by atoms with Crippen molar-refractivity contribution < 1.29 is 27.4 Å². The monoisotopic (exact) mass is 575 g/mol. The Labute approximate surface area is 227 Å². The molecule has 39 heavy (non-hydrogen) atoms. The average molecular weight is 576 g/mol. The highest BCUT2D eigenvalue weighted by atomic mass is 32.2. The first-order valence-corrected chi connectivity index (χ1v) is 14.8. The molecule has 0 radical (unpaired) electrons. The molecule has 206 valence electrons. The van der Waals surface area contributed by atoms with Gasteiger partial charge in [0, 0.05) is 49.2 Å². The summed E-state index contributed by atoms with van der Waals surface area (Å²) in [6, 6.07) is 3.56. The number of amides is 1. The summed E-state index contributed by atoms with van der Waals surface area (Å²) in [5.41, 5.74) is -0.384. The maximum atomic E-state index is 13.7. The fourth-order valence-corrected chi connectivity index (χ4v) is 6.54. The van der Waals surface area contributed by atoms with E-state index in [-0.39, 0.29) is 52.5 Å². The van der Waals surface area contributed by atoms with Gasteiger partial charge >= 0.3 is 5.56 Å². The van der Waals surface area contributed by atoms with E-state index in [0.29, 0.717) is 23.5 Å². The summed E-state index contributed by atoms with van der Waals surface area (Å²) in [6.07, 6.45) is 5.43. The highest BCUT2D eigenvalue weighted by Gasteiger charge is 2.27. The largest absolute Gasteiger partial charge is 0.501 e. The summed E-state index contributed by atoms with van der Waals surface area (Å²) in [7, 11) is -3.67. The van der Waals surface area contributed by atoms with Crippen molar-refractivity contribution in [1.82, 2.24) is 23.8 Å². The number of carbonyl (C=O) groups excluding carboxylic acids is 1. The fraction of sp³-hybridized carbons (Fsp3) is 0.360. The van der Waals surface area contributed by atoms with Crippen molar-refractivity contribution in [2.45, 2.75) is 43.9 Å². The number of benzene rings is 1. The lowest BCUT2D eigenvalue weighted by Gasteiger charge is -2.35. The Balaban J connectivity index is 1.46. The second kappa shape index (κ2) is 10.2. The number of aromatic nitrogens is 4. The van der Waals surface area contributed by atoms with E-state index >= 15 is 0 Å². The van der Waals surface area contributed by atoms with Crippen molar-refractivity contribution in [3.63, 3.8) is 0 Å². The Morgan fingerprint density at radius 3 is 2.64 bits per heavy atom. The van der Waals surface area contributed by atoms with Crippen LogP contribution in [0.15, 0.2) is 46.5 Å². The Morgan fingerprint density at radius 2 is 1.95 bits per heavy atom. The van der Waals surface area contributed by atoms with E-state index in [2.05, 4.69) is 9.97 Å². The molecule has 0 spiro atoms. The molecule has 1 fully saturated rings. The van der Waals surface area contributed by atoms with Gasteiger partial charge in [0.2, 0.25) is 17.4 Å². The molecule has 0 aliphatic carbocycles. The second-order valence-electron chi connectivity index (χ2n) is 9.60. The van der Waals surface area contributed by atoms with Gasteiger partial charge in [-0.15, -0.1) is 11.3 Å². The lowest BCUT2D eigenvalue weighted by atomic mass is 10.1. The number of imidazole rings is 1. The standard InChI is InChI=1S/C25H26FN5O6S2/c1-14-11-30(12-15(2)37-14)20(32)13-29-6-7-31-24(34)22(33)21(28-25(29)31)23-27-10-18(38-23)8-16-4-5-17(26)9-19(16)39(3,35)36/h4-7,9-10,14-15,33H,8,11-13H2,1-3H3/t14-,15-/m0/s1. The first kappa shape index (κ1) is 27.0. The van der Waals surface area contributed by atoms with Gasteiger partial charge in [0.25, 0.3) is 0 Å². The molecule has 0 bridgehead atoms. The number of aromatic hydroxyl groups is 1. The van der Waals surface area contributed by atoms with E-state index in [9.17, 15) is 27.5 Å². The van der Waals surface area contributed by atoms with Crippen LogP contribution in [0.4, 0.5) is 4.39 Å². The van der Waals surface area contributed by atoms with Crippen molar-refractivity contribution in [3.05, 3.63) is 63.4 Å². The number of ether oxygens (including phenoxy) is 1. The van der Waals surface area contributed by atoms with E-state index in [1.165, 1.54) is 29.1 Å². The van der Waals surface area contributed by atoms with Crippen molar-refractivity contribution in [2.75, 3.05) is 19.3 Å². The smallest absolute Gasteiger partial charge is 0.302 e. The highest BCUT2D eigenvalue weighted by molar-refractivity contribution is 7.90. The number of halogens is 1. The van der Waals surface area contributed by atoms with Crippen molar-refractivity contribution >= 4 is 32.9 Å². The summed E-state index contributed by atoms with van der Waals surface area (Å²) in [4.78, 5) is 36.9. The van der Waals surface area contributed by atoms with E-state index in [4.69, 9.17) is 4.74 Å². The van der Waals surface area contributed by atoms with Gasteiger partial charge in [-0.1, -0.05) is 6.07 Å². The van der Waals surface area contributed by atoms with E-state index < -0.39 is 27.0 Å². The van der Waals surface area contributed by atoms with E-state index in [1.54, 1.807) is 11.1 Å². The minimum atomic E-state index is -3.67. The Kier molecular flexibility index (Phi) is 7.03. The van der Waals surface area contributed by atoms with Crippen molar-refractivity contribution in [1.29, 1.82) is 0 Å². The maximum absolute atomic E-state index is 13.7. The van der Waals surface area contributed by atoms with Crippen LogP contribution in [0.2, 0.25) is 0 Å². The molecule has 0 saturated carbocycles. The molecule has 11 nitrogen and oxygen atoms in total. The minimum Gasteiger partial charge on any atom is -0.501 e. The third kappa shape index (κ3) is 5.44. The number of rotatable bonds is 6. The number of sulfone groups is 1. The minimum absolute atomic E-state index is 0.0558. The SMILES string of the molecule is C[C@H]1CN(C(=O)Cn2ccn3c(=O)c(O)c(-c4ncc(Cc5ccc(F)cc5S(C)(=O)=O)s4)nc23)C[C@H](C)O1. The predicted octanol–water partition coefficient (Wildman–Crippen LogP) is 2.09. The zero-order valence-electron chi connectivity index (χ0n) is 21.4. The van der Waals surface area contributed by atoms with Crippen LogP contribution in [0.25, 0.3) is 16.5 Å². The molecule has 1 aliphatic heterocycles. The Morgan fingerprint density at radius 1 is 1.23 bits per heavy atom. The van der Waals surface area contributed by atoms with Gasteiger partial charge in [-0.3, -0.25) is 9.59 Å². The zero-order chi connectivity index (χ0) is 28.1. The molecule has 3 aromatic heterocycles. The van der Waals surface area contributed by atoms with Gasteiger partial charge in [0.05, 0.1) is 17.1 Å². The van der Waals surface area contributed by atoms with Gasteiger partial charge in [-0.25, -0.2) is 27.2 Å². The second-order valence-corrected chi connectivity index (χ2v) is 12.7. The predicted molar refractivity (Wildman–Crippen MR) is 141 cm³/mol. The third-order valence-corrected chi connectivity index (χ3v) is 8.54. The summed E-state index contributed by atoms with van der Waals surface area (Å²) >= 11 is 1.11. The average Bonchev–Trinajstić information content (AvgIpc) is 3.48. The molecule has 0 unspecified atom stereocenters. The van der Waals surface area contributed by atoms with Gasteiger partial charge in [-0.05, 0) is 31.5 Å². The molecule has 5 rings (SSSR count). The number of hydrogen-bond acceptors (Lipinski definition) is 9. The van der Waals surface area contributed by atoms with Gasteiger partial charge in [0.1, 0.15) is 17.4 Å². The topological polar surface area (TPSA) is 136 Å². The molecule has 1 aromatic carbocycles. The van der Waals surface area contributed by atoms with Crippen LogP contribution in [0, 0.1) is 5.82 Å². The molecule has 4 aromatic rings. The Hall–Kier alpha value is -3.62. The first-order chi connectivity index (χ1) is 18.4. The summed E-state index contributed by atoms with van der Waals surface area (Å²) < 4.78 is 46.4. The number of nitrogens with zero attached hydrogens (tertiary/aromatic N) is 5. The van der Waals surface area contributed by atoms with Crippen molar-refractivity contribution in [3.8, 4) is 16.5 Å². The lowest BCUT2D eigenvalue weighted by molar-refractivity contribution is -0.143. The van der Waals surface area contributed by atoms with Gasteiger partial charge in [0.15, 0.2) is 15.5 Å². The third-order valence-electron chi connectivity index (χ3n) is 6.35. The number of hydrogen-bond donors (Lipinski definition) is 1. The van der Waals surface area contributed by atoms with Crippen LogP contribution in [-0.2, 0) is 32.3 Å². The number of carbonyl (C=O) groups is 1. The van der Waals surface area contributed by atoms with Crippen LogP contribution in [0.3, 0.4) is 0 Å². The van der Waals surface area contributed by atoms with Crippen molar-refractivity contribution in [2.24, 2.45) is 0 Å². The fourth-order valence-electron chi connectivity index (χ4n) is 4.67.